The summed E-state index contributed by atoms with van der Waals surface area (Å²) in [6.45, 7) is 2.33. The van der Waals surface area contributed by atoms with E-state index < -0.39 is 11.4 Å². The molecule has 0 radical (unpaired) electrons. The number of hydrogen-bond acceptors (Lipinski definition) is 4. The predicted molar refractivity (Wildman–Crippen MR) is 115 cm³/mol. The average molecular weight is 401 g/mol. The van der Waals surface area contributed by atoms with Gasteiger partial charge in [0.1, 0.15) is 5.56 Å². The Morgan fingerprint density at radius 3 is 2.37 bits per heavy atom. The second kappa shape index (κ2) is 8.49. The number of hydrogen-bond donors (Lipinski definition) is 0. The number of rotatable bonds is 5. The highest BCUT2D eigenvalue weighted by Crippen LogP contribution is 2.23. The fourth-order valence-corrected chi connectivity index (χ4v) is 3.92. The van der Waals surface area contributed by atoms with Crippen molar-refractivity contribution in [1.29, 1.82) is 0 Å². The lowest BCUT2D eigenvalue weighted by Crippen LogP contribution is -2.31. The number of benzene rings is 2. The topological polar surface area (TPSA) is 65.4 Å². The van der Waals surface area contributed by atoms with Crippen molar-refractivity contribution >= 4 is 11.8 Å². The van der Waals surface area contributed by atoms with E-state index in [9.17, 15) is 14.4 Å². The largest absolute Gasteiger partial charge is 0.462 e. The van der Waals surface area contributed by atoms with Gasteiger partial charge in [-0.1, -0.05) is 54.6 Å². The average Bonchev–Trinajstić information content (AvgIpc) is 2.77. The SMILES string of the molecule is CCOC(=O)c1cn(Cc2ccc(-c3ccccc3)cc2)c2c(c1=O)C(=O)CCC2. The van der Waals surface area contributed by atoms with E-state index in [0.29, 0.717) is 31.5 Å². The van der Waals surface area contributed by atoms with Crippen molar-refractivity contribution in [2.45, 2.75) is 32.7 Å². The van der Waals surface area contributed by atoms with Gasteiger partial charge in [-0.2, -0.15) is 0 Å². The summed E-state index contributed by atoms with van der Waals surface area (Å²) in [5.74, 6) is -0.877. The normalized spacial score (nSPS) is 13.0. The van der Waals surface area contributed by atoms with E-state index in [1.165, 1.54) is 0 Å². The third kappa shape index (κ3) is 3.83. The van der Waals surface area contributed by atoms with Gasteiger partial charge in [0.05, 0.1) is 12.2 Å². The zero-order valence-electron chi connectivity index (χ0n) is 16.9. The summed E-state index contributed by atoms with van der Waals surface area (Å²) in [6.07, 6.45) is 3.22. The minimum atomic E-state index is -0.683. The summed E-state index contributed by atoms with van der Waals surface area (Å²) in [4.78, 5) is 37.6. The number of ketones is 1. The van der Waals surface area contributed by atoms with Gasteiger partial charge >= 0.3 is 5.97 Å². The molecule has 2 aromatic carbocycles. The molecule has 0 amide bonds. The van der Waals surface area contributed by atoms with Crippen molar-refractivity contribution in [3.63, 3.8) is 0 Å². The third-order valence-corrected chi connectivity index (χ3v) is 5.40. The Kier molecular flexibility index (Phi) is 5.61. The molecule has 1 aliphatic carbocycles. The van der Waals surface area contributed by atoms with Crippen LogP contribution in [0.2, 0.25) is 0 Å². The Balaban J connectivity index is 1.72. The molecule has 0 fully saturated rings. The highest BCUT2D eigenvalue weighted by atomic mass is 16.5. The summed E-state index contributed by atoms with van der Waals surface area (Å²) >= 11 is 0. The molecule has 5 nitrogen and oxygen atoms in total. The van der Waals surface area contributed by atoms with E-state index in [4.69, 9.17) is 4.74 Å². The summed E-state index contributed by atoms with van der Waals surface area (Å²) in [5.41, 5.74) is 3.54. The van der Waals surface area contributed by atoms with E-state index in [0.717, 1.165) is 16.7 Å². The molecule has 0 saturated carbocycles. The maximum absolute atomic E-state index is 12.8. The first-order valence-corrected chi connectivity index (χ1v) is 10.2. The standard InChI is InChI=1S/C25H23NO4/c1-2-30-25(29)20-16-26(21-9-6-10-22(27)23(21)24(20)28)15-17-11-13-19(14-12-17)18-7-4-3-5-8-18/h3-5,7-8,11-14,16H,2,6,9-10,15H2,1H3. The van der Waals surface area contributed by atoms with Crippen LogP contribution in [0.3, 0.4) is 0 Å². The molecule has 152 valence electrons. The van der Waals surface area contributed by atoms with Gasteiger partial charge in [-0.15, -0.1) is 0 Å². The summed E-state index contributed by atoms with van der Waals surface area (Å²) in [6, 6.07) is 18.3. The van der Waals surface area contributed by atoms with Crippen molar-refractivity contribution in [2.75, 3.05) is 6.61 Å². The Bertz CT molecular complexity index is 1140. The maximum Gasteiger partial charge on any atom is 0.343 e. The van der Waals surface area contributed by atoms with Crippen LogP contribution in [0.5, 0.6) is 0 Å². The zero-order chi connectivity index (χ0) is 21.1. The van der Waals surface area contributed by atoms with Gasteiger partial charge in [0.15, 0.2) is 5.78 Å². The summed E-state index contributed by atoms with van der Waals surface area (Å²) in [7, 11) is 0. The van der Waals surface area contributed by atoms with Crippen LogP contribution in [0.25, 0.3) is 11.1 Å². The molecule has 1 aliphatic rings. The van der Waals surface area contributed by atoms with Gasteiger partial charge in [-0.25, -0.2) is 4.79 Å². The smallest absolute Gasteiger partial charge is 0.343 e. The molecule has 30 heavy (non-hydrogen) atoms. The number of fused-ring (bicyclic) bond motifs is 1. The monoisotopic (exact) mass is 401 g/mol. The molecule has 0 atom stereocenters. The van der Waals surface area contributed by atoms with Crippen LogP contribution in [-0.2, 0) is 17.7 Å². The number of ether oxygens (including phenoxy) is 1. The quantitative estimate of drug-likeness (QED) is 0.599. The molecule has 4 rings (SSSR count). The molecule has 0 N–H and O–H groups in total. The molecule has 0 aliphatic heterocycles. The number of carbonyl (C=O) groups is 2. The van der Waals surface area contributed by atoms with Crippen molar-refractivity contribution in [3.05, 3.63) is 93.4 Å². The van der Waals surface area contributed by atoms with E-state index >= 15 is 0 Å². The van der Waals surface area contributed by atoms with Gasteiger partial charge in [0.2, 0.25) is 5.43 Å². The lowest BCUT2D eigenvalue weighted by molar-refractivity contribution is 0.0523. The van der Waals surface area contributed by atoms with Gasteiger partial charge in [-0.3, -0.25) is 9.59 Å². The molecule has 1 heterocycles. The fraction of sp³-hybridized carbons (Fsp3) is 0.240. The highest BCUT2D eigenvalue weighted by Gasteiger charge is 2.27. The van der Waals surface area contributed by atoms with Crippen LogP contribution < -0.4 is 5.43 Å². The van der Waals surface area contributed by atoms with Crippen LogP contribution in [0, 0.1) is 0 Å². The molecule has 3 aromatic rings. The number of nitrogens with zero attached hydrogens (tertiary/aromatic N) is 1. The Labute approximate surface area is 174 Å². The molecular weight excluding hydrogens is 378 g/mol. The van der Waals surface area contributed by atoms with E-state index in [-0.39, 0.29) is 23.5 Å². The number of aromatic nitrogens is 1. The van der Waals surface area contributed by atoms with Crippen LogP contribution >= 0.6 is 0 Å². The predicted octanol–water partition coefficient (Wildman–Crippen LogP) is 4.26. The number of Topliss-reactive ketones (excluding diaryl/α,β-unsaturated/α-hetero) is 1. The third-order valence-electron chi connectivity index (χ3n) is 5.40. The van der Waals surface area contributed by atoms with Gasteiger partial charge in [-0.05, 0) is 36.5 Å². The van der Waals surface area contributed by atoms with Crippen molar-refractivity contribution in [2.24, 2.45) is 0 Å². The molecule has 5 heteroatoms. The first-order chi connectivity index (χ1) is 14.6. The minimum absolute atomic E-state index is 0.0771. The molecule has 1 aromatic heterocycles. The van der Waals surface area contributed by atoms with Gasteiger partial charge in [0.25, 0.3) is 0 Å². The molecule has 0 unspecified atom stereocenters. The van der Waals surface area contributed by atoms with Crippen molar-refractivity contribution < 1.29 is 14.3 Å². The number of pyridine rings is 1. The van der Waals surface area contributed by atoms with Crippen LogP contribution in [0.1, 0.15) is 51.7 Å². The van der Waals surface area contributed by atoms with Gasteiger partial charge < -0.3 is 9.30 Å². The Morgan fingerprint density at radius 2 is 1.67 bits per heavy atom. The molecule has 0 saturated heterocycles. The minimum Gasteiger partial charge on any atom is -0.462 e. The molecule has 0 spiro atoms. The van der Waals surface area contributed by atoms with E-state index in [2.05, 4.69) is 24.3 Å². The van der Waals surface area contributed by atoms with E-state index in [1.54, 1.807) is 13.1 Å². The zero-order valence-corrected chi connectivity index (χ0v) is 16.9. The van der Waals surface area contributed by atoms with Crippen LogP contribution in [0.4, 0.5) is 0 Å². The van der Waals surface area contributed by atoms with Gasteiger partial charge in [0, 0.05) is 24.9 Å². The number of esters is 1. The summed E-state index contributed by atoms with van der Waals surface area (Å²) < 4.78 is 6.90. The lowest BCUT2D eigenvalue weighted by atomic mass is 9.92. The van der Waals surface area contributed by atoms with Crippen molar-refractivity contribution in [3.8, 4) is 11.1 Å². The first kappa shape index (κ1) is 19.8. The Morgan fingerprint density at radius 1 is 0.967 bits per heavy atom. The fourth-order valence-electron chi connectivity index (χ4n) is 3.92. The van der Waals surface area contributed by atoms with E-state index in [1.807, 2.05) is 34.9 Å². The summed E-state index contributed by atoms with van der Waals surface area (Å²) in [5, 5.41) is 0. The Hall–Kier alpha value is -3.47. The highest BCUT2D eigenvalue weighted by molar-refractivity contribution is 6.00. The number of carbonyl (C=O) groups excluding carboxylic acids is 2. The first-order valence-electron chi connectivity index (χ1n) is 10.2. The van der Waals surface area contributed by atoms with Crippen LogP contribution in [-0.4, -0.2) is 22.9 Å². The molecule has 0 bridgehead atoms. The second-order valence-electron chi connectivity index (χ2n) is 7.38. The van der Waals surface area contributed by atoms with Crippen molar-refractivity contribution in [1.82, 2.24) is 4.57 Å². The second-order valence-corrected chi connectivity index (χ2v) is 7.38. The maximum atomic E-state index is 12.8. The molecular formula is C25H23NO4. The lowest BCUT2D eigenvalue weighted by Gasteiger charge is -2.21. The van der Waals surface area contributed by atoms with Crippen LogP contribution in [0.15, 0.2) is 65.6 Å².